The van der Waals surface area contributed by atoms with Crippen molar-refractivity contribution < 1.29 is 4.74 Å². The van der Waals surface area contributed by atoms with Gasteiger partial charge in [0, 0.05) is 12.5 Å². The molecule has 4 heteroatoms. The maximum absolute atomic E-state index is 5.77. The molecule has 0 aliphatic carbocycles. The minimum Gasteiger partial charge on any atom is -0.490 e. The predicted molar refractivity (Wildman–Crippen MR) is 70.0 cm³/mol. The van der Waals surface area contributed by atoms with Crippen LogP contribution in [0.5, 0.6) is 5.75 Å². The monoisotopic (exact) mass is 243 g/mol. The topological polar surface area (TPSA) is 39.1 Å². The van der Waals surface area contributed by atoms with Crippen LogP contribution in [0.15, 0.2) is 42.7 Å². The zero-order valence-electron chi connectivity index (χ0n) is 10.2. The van der Waals surface area contributed by atoms with Gasteiger partial charge in [-0.1, -0.05) is 18.2 Å². The highest BCUT2D eigenvalue weighted by atomic mass is 16.5. The molecule has 1 aliphatic heterocycles. The Morgan fingerprint density at radius 3 is 3.00 bits per heavy atom. The van der Waals surface area contributed by atoms with Crippen LogP contribution in [0.3, 0.4) is 0 Å². The fourth-order valence-electron chi connectivity index (χ4n) is 2.17. The van der Waals surface area contributed by atoms with Gasteiger partial charge in [-0.25, -0.2) is 4.68 Å². The lowest BCUT2D eigenvalue weighted by Gasteiger charge is -2.08. The van der Waals surface area contributed by atoms with E-state index in [1.54, 1.807) is 6.20 Å². The average molecular weight is 243 g/mol. The van der Waals surface area contributed by atoms with Gasteiger partial charge in [0.1, 0.15) is 0 Å². The molecule has 1 aromatic heterocycles. The summed E-state index contributed by atoms with van der Waals surface area (Å²) in [6.45, 7) is 2.94. The van der Waals surface area contributed by atoms with Crippen LogP contribution >= 0.6 is 0 Å². The van der Waals surface area contributed by atoms with Gasteiger partial charge in [0.05, 0.1) is 24.7 Å². The Labute approximate surface area is 107 Å². The van der Waals surface area contributed by atoms with Crippen LogP contribution in [0.25, 0.3) is 5.69 Å². The standard InChI is InChI=1S/C14H17N3O/c1-2-4-13(5-3-1)17-10-14(9-16-17)18-11-12-6-7-15-8-12/h1-5,9-10,12,15H,6-8,11H2. The average Bonchev–Trinajstić information content (AvgIpc) is 3.09. The molecule has 1 saturated heterocycles. The Balaban J connectivity index is 1.63. The number of hydrogen-bond acceptors (Lipinski definition) is 3. The van der Waals surface area contributed by atoms with E-state index in [2.05, 4.69) is 10.4 Å². The third kappa shape index (κ3) is 2.54. The van der Waals surface area contributed by atoms with Crippen molar-refractivity contribution in [2.24, 2.45) is 5.92 Å². The van der Waals surface area contributed by atoms with E-state index in [1.807, 2.05) is 41.2 Å². The largest absolute Gasteiger partial charge is 0.490 e. The van der Waals surface area contributed by atoms with E-state index in [0.717, 1.165) is 31.1 Å². The van der Waals surface area contributed by atoms with Crippen LogP contribution in [-0.4, -0.2) is 29.5 Å². The summed E-state index contributed by atoms with van der Waals surface area (Å²) in [6, 6.07) is 10.1. The molecule has 1 unspecified atom stereocenters. The molecular weight excluding hydrogens is 226 g/mol. The Morgan fingerprint density at radius 1 is 1.33 bits per heavy atom. The molecule has 4 nitrogen and oxygen atoms in total. The SMILES string of the molecule is c1ccc(-n2cc(OCC3CCNC3)cn2)cc1. The number of aromatic nitrogens is 2. The van der Waals surface area contributed by atoms with Gasteiger partial charge in [-0.3, -0.25) is 0 Å². The van der Waals surface area contributed by atoms with Gasteiger partial charge < -0.3 is 10.1 Å². The van der Waals surface area contributed by atoms with Crippen LogP contribution in [0.4, 0.5) is 0 Å². The van der Waals surface area contributed by atoms with Crippen LogP contribution in [0.2, 0.25) is 0 Å². The first-order chi connectivity index (χ1) is 8.92. The predicted octanol–water partition coefficient (Wildman–Crippen LogP) is 1.86. The summed E-state index contributed by atoms with van der Waals surface area (Å²) in [4.78, 5) is 0. The first kappa shape index (κ1) is 11.3. The van der Waals surface area contributed by atoms with Gasteiger partial charge in [-0.05, 0) is 25.1 Å². The molecule has 2 aromatic rings. The molecule has 94 valence electrons. The molecule has 0 saturated carbocycles. The van der Waals surface area contributed by atoms with Crippen LogP contribution in [-0.2, 0) is 0 Å². The van der Waals surface area contributed by atoms with Crippen molar-refractivity contribution in [3.63, 3.8) is 0 Å². The molecular formula is C14H17N3O. The van der Waals surface area contributed by atoms with Crippen molar-refractivity contribution in [2.75, 3.05) is 19.7 Å². The molecule has 0 radical (unpaired) electrons. The van der Waals surface area contributed by atoms with Gasteiger partial charge in [-0.15, -0.1) is 0 Å². The van der Waals surface area contributed by atoms with Crippen LogP contribution in [0, 0.1) is 5.92 Å². The highest BCUT2D eigenvalue weighted by Crippen LogP contribution is 2.15. The summed E-state index contributed by atoms with van der Waals surface area (Å²) >= 11 is 0. The highest BCUT2D eigenvalue weighted by Gasteiger charge is 2.15. The number of ether oxygens (including phenoxy) is 1. The summed E-state index contributed by atoms with van der Waals surface area (Å²) in [6.07, 6.45) is 4.90. The minimum absolute atomic E-state index is 0.630. The van der Waals surface area contributed by atoms with Gasteiger partial charge in [0.25, 0.3) is 0 Å². The molecule has 0 amide bonds. The van der Waals surface area contributed by atoms with Crippen molar-refractivity contribution in [1.82, 2.24) is 15.1 Å². The number of hydrogen-bond donors (Lipinski definition) is 1. The second-order valence-corrected chi connectivity index (χ2v) is 4.63. The molecule has 1 fully saturated rings. The fraction of sp³-hybridized carbons (Fsp3) is 0.357. The van der Waals surface area contributed by atoms with E-state index < -0.39 is 0 Å². The summed E-state index contributed by atoms with van der Waals surface area (Å²) in [5, 5.41) is 7.65. The van der Waals surface area contributed by atoms with Gasteiger partial charge >= 0.3 is 0 Å². The first-order valence-electron chi connectivity index (χ1n) is 6.35. The summed E-state index contributed by atoms with van der Waals surface area (Å²) < 4.78 is 7.60. The summed E-state index contributed by atoms with van der Waals surface area (Å²) in [5.74, 6) is 1.47. The summed E-state index contributed by atoms with van der Waals surface area (Å²) in [7, 11) is 0. The maximum Gasteiger partial charge on any atom is 0.157 e. The smallest absolute Gasteiger partial charge is 0.157 e. The highest BCUT2D eigenvalue weighted by molar-refractivity contribution is 5.32. The molecule has 2 heterocycles. The first-order valence-corrected chi connectivity index (χ1v) is 6.35. The number of nitrogens with one attached hydrogen (secondary N) is 1. The lowest BCUT2D eigenvalue weighted by Crippen LogP contribution is -2.15. The molecule has 3 rings (SSSR count). The third-order valence-corrected chi connectivity index (χ3v) is 3.23. The normalized spacial score (nSPS) is 19.0. The van der Waals surface area contributed by atoms with E-state index in [-0.39, 0.29) is 0 Å². The van der Waals surface area contributed by atoms with Gasteiger partial charge in [0.2, 0.25) is 0 Å². The van der Waals surface area contributed by atoms with E-state index in [9.17, 15) is 0 Å². The molecule has 0 bridgehead atoms. The Kier molecular flexibility index (Phi) is 3.28. The molecule has 1 aliphatic rings. The molecule has 1 aromatic carbocycles. The lowest BCUT2D eigenvalue weighted by molar-refractivity contribution is 0.260. The Bertz CT molecular complexity index is 489. The second kappa shape index (κ2) is 5.23. The number of benzene rings is 1. The Hall–Kier alpha value is -1.81. The maximum atomic E-state index is 5.77. The second-order valence-electron chi connectivity index (χ2n) is 4.63. The third-order valence-electron chi connectivity index (χ3n) is 3.23. The van der Waals surface area contributed by atoms with Crippen LogP contribution < -0.4 is 10.1 Å². The zero-order chi connectivity index (χ0) is 12.2. The molecule has 18 heavy (non-hydrogen) atoms. The Morgan fingerprint density at radius 2 is 2.22 bits per heavy atom. The van der Waals surface area contributed by atoms with Crippen molar-refractivity contribution in [3.8, 4) is 11.4 Å². The lowest BCUT2D eigenvalue weighted by atomic mass is 10.1. The van der Waals surface area contributed by atoms with Gasteiger partial charge in [0.15, 0.2) is 5.75 Å². The van der Waals surface area contributed by atoms with Crippen LogP contribution in [0.1, 0.15) is 6.42 Å². The number of para-hydroxylation sites is 1. The number of nitrogens with zero attached hydrogens (tertiary/aromatic N) is 2. The number of rotatable bonds is 4. The summed E-state index contributed by atoms with van der Waals surface area (Å²) in [5.41, 5.74) is 1.05. The van der Waals surface area contributed by atoms with E-state index in [4.69, 9.17) is 4.74 Å². The molecule has 0 spiro atoms. The zero-order valence-corrected chi connectivity index (χ0v) is 10.2. The fourth-order valence-corrected chi connectivity index (χ4v) is 2.17. The quantitative estimate of drug-likeness (QED) is 0.891. The van der Waals surface area contributed by atoms with E-state index >= 15 is 0 Å². The van der Waals surface area contributed by atoms with Crippen molar-refractivity contribution >= 4 is 0 Å². The van der Waals surface area contributed by atoms with Crippen molar-refractivity contribution in [1.29, 1.82) is 0 Å². The van der Waals surface area contributed by atoms with Crippen molar-refractivity contribution in [3.05, 3.63) is 42.7 Å². The van der Waals surface area contributed by atoms with Crippen molar-refractivity contribution in [2.45, 2.75) is 6.42 Å². The minimum atomic E-state index is 0.630. The van der Waals surface area contributed by atoms with E-state index in [0.29, 0.717) is 5.92 Å². The van der Waals surface area contributed by atoms with E-state index in [1.165, 1.54) is 6.42 Å². The molecule has 1 atom stereocenters. The molecule has 1 N–H and O–H groups in total. The van der Waals surface area contributed by atoms with Gasteiger partial charge in [-0.2, -0.15) is 5.10 Å².